The lowest BCUT2D eigenvalue weighted by molar-refractivity contribution is -0.138. The Morgan fingerprint density at radius 3 is 2.23 bits per heavy atom. The molecule has 0 saturated heterocycles. The standard InChI is InChI=1S/C30H32F3N3O4/c1-6-8-21-15-24(36-28(39)40-29(3,4)5)25(16-23(21)30(31,32)33)35-27(38)17-26(37)22-10-7-9-19(14-22)20-11-12-34-18(2)13-20/h7,9-16H,6,8,17H2,1-5H3,(H,35,38)(H,36,39). The fourth-order valence-electron chi connectivity index (χ4n) is 4.04. The summed E-state index contributed by atoms with van der Waals surface area (Å²) < 4.78 is 46.8. The smallest absolute Gasteiger partial charge is 0.416 e. The van der Waals surface area contributed by atoms with Crippen LogP contribution >= 0.6 is 0 Å². The zero-order valence-electron chi connectivity index (χ0n) is 23.0. The van der Waals surface area contributed by atoms with Gasteiger partial charge >= 0.3 is 12.3 Å². The fourth-order valence-corrected chi connectivity index (χ4v) is 4.04. The first-order chi connectivity index (χ1) is 18.7. The molecule has 0 saturated carbocycles. The van der Waals surface area contributed by atoms with Crippen LogP contribution in [0.1, 0.15) is 67.7 Å². The minimum atomic E-state index is -4.70. The van der Waals surface area contributed by atoms with Gasteiger partial charge in [0.25, 0.3) is 0 Å². The summed E-state index contributed by atoms with van der Waals surface area (Å²) in [5, 5.41) is 4.81. The van der Waals surface area contributed by atoms with Crippen LogP contribution in [-0.4, -0.2) is 28.4 Å². The van der Waals surface area contributed by atoms with Crippen molar-refractivity contribution in [1.29, 1.82) is 0 Å². The van der Waals surface area contributed by atoms with Gasteiger partial charge in [0, 0.05) is 17.5 Å². The number of aryl methyl sites for hydroxylation is 2. The molecule has 0 aliphatic rings. The number of nitrogens with one attached hydrogen (secondary N) is 2. The second-order valence-corrected chi connectivity index (χ2v) is 10.3. The summed E-state index contributed by atoms with van der Waals surface area (Å²) in [5.74, 6) is -1.36. The highest BCUT2D eigenvalue weighted by atomic mass is 19.4. The molecule has 0 bridgehead atoms. The molecule has 3 rings (SSSR count). The van der Waals surface area contributed by atoms with Crippen molar-refractivity contribution >= 4 is 29.2 Å². The summed E-state index contributed by atoms with van der Waals surface area (Å²) >= 11 is 0. The number of hydrogen-bond acceptors (Lipinski definition) is 5. The third-order valence-corrected chi connectivity index (χ3v) is 5.71. The molecule has 2 N–H and O–H groups in total. The van der Waals surface area contributed by atoms with E-state index in [9.17, 15) is 27.6 Å². The lowest BCUT2D eigenvalue weighted by atomic mass is 9.99. The van der Waals surface area contributed by atoms with Crippen molar-refractivity contribution < 1.29 is 32.3 Å². The normalized spacial score (nSPS) is 11.6. The van der Waals surface area contributed by atoms with Gasteiger partial charge in [-0.25, -0.2) is 4.79 Å². The van der Waals surface area contributed by atoms with Crippen molar-refractivity contribution in [2.24, 2.45) is 0 Å². The van der Waals surface area contributed by atoms with Crippen LogP contribution in [0.4, 0.5) is 29.3 Å². The molecule has 0 aliphatic heterocycles. The topological polar surface area (TPSA) is 97.4 Å². The van der Waals surface area contributed by atoms with Crippen LogP contribution in [0.25, 0.3) is 11.1 Å². The highest BCUT2D eigenvalue weighted by Gasteiger charge is 2.34. The van der Waals surface area contributed by atoms with Gasteiger partial charge in [-0.2, -0.15) is 13.2 Å². The molecule has 0 fully saturated rings. The molecular formula is C30H32F3N3O4. The Morgan fingerprint density at radius 2 is 1.60 bits per heavy atom. The third-order valence-electron chi connectivity index (χ3n) is 5.71. The van der Waals surface area contributed by atoms with Crippen LogP contribution in [-0.2, 0) is 22.1 Å². The first-order valence-corrected chi connectivity index (χ1v) is 12.8. The number of amides is 2. The number of ether oxygens (including phenoxy) is 1. The minimum absolute atomic E-state index is 0.0432. The van der Waals surface area contributed by atoms with E-state index in [1.165, 1.54) is 6.07 Å². The Hall–Kier alpha value is -4.21. The first-order valence-electron chi connectivity index (χ1n) is 12.8. The number of ketones is 1. The van der Waals surface area contributed by atoms with Crippen molar-refractivity contribution in [1.82, 2.24) is 4.98 Å². The number of hydrogen-bond donors (Lipinski definition) is 2. The largest absolute Gasteiger partial charge is 0.444 e. The second-order valence-electron chi connectivity index (χ2n) is 10.3. The molecule has 3 aromatic rings. The average molecular weight is 556 g/mol. The summed E-state index contributed by atoms with van der Waals surface area (Å²) in [4.78, 5) is 42.4. The van der Waals surface area contributed by atoms with E-state index in [0.717, 1.165) is 22.9 Å². The zero-order chi connectivity index (χ0) is 29.7. The lowest BCUT2D eigenvalue weighted by Gasteiger charge is -2.22. The number of halogens is 3. The zero-order valence-corrected chi connectivity index (χ0v) is 23.0. The summed E-state index contributed by atoms with van der Waals surface area (Å²) in [5.41, 5.74) is 0.457. The van der Waals surface area contributed by atoms with Crippen molar-refractivity contribution in [2.75, 3.05) is 10.6 Å². The van der Waals surface area contributed by atoms with Gasteiger partial charge < -0.3 is 10.1 Å². The Kier molecular flexibility index (Phi) is 9.34. The molecular weight excluding hydrogens is 523 g/mol. The van der Waals surface area contributed by atoms with Gasteiger partial charge in [-0.05, 0) is 81.1 Å². The van der Waals surface area contributed by atoms with Crippen LogP contribution in [0, 0.1) is 6.92 Å². The van der Waals surface area contributed by atoms with E-state index in [4.69, 9.17) is 4.74 Å². The molecule has 7 nitrogen and oxygen atoms in total. The predicted octanol–water partition coefficient (Wildman–Crippen LogP) is 7.59. The maximum atomic E-state index is 13.9. The second kappa shape index (κ2) is 12.3. The Morgan fingerprint density at radius 1 is 0.925 bits per heavy atom. The summed E-state index contributed by atoms with van der Waals surface area (Å²) in [6, 6.07) is 12.3. The quantitative estimate of drug-likeness (QED) is 0.221. The first kappa shape index (κ1) is 30.3. The van der Waals surface area contributed by atoms with E-state index < -0.39 is 41.5 Å². The summed E-state index contributed by atoms with van der Waals surface area (Å²) in [7, 11) is 0. The van der Waals surface area contributed by atoms with E-state index in [1.54, 1.807) is 58.2 Å². The van der Waals surface area contributed by atoms with Gasteiger partial charge in [0.2, 0.25) is 5.91 Å². The molecule has 1 heterocycles. The monoisotopic (exact) mass is 555 g/mol. The molecule has 2 aromatic carbocycles. The number of aromatic nitrogens is 1. The molecule has 0 aliphatic carbocycles. The van der Waals surface area contributed by atoms with E-state index in [2.05, 4.69) is 15.6 Å². The Balaban J connectivity index is 1.88. The highest BCUT2D eigenvalue weighted by Crippen LogP contribution is 2.38. The molecule has 212 valence electrons. The van der Waals surface area contributed by atoms with Gasteiger partial charge in [0.1, 0.15) is 5.60 Å². The minimum Gasteiger partial charge on any atom is -0.444 e. The fraction of sp³-hybridized carbons (Fsp3) is 0.333. The lowest BCUT2D eigenvalue weighted by Crippen LogP contribution is -2.28. The van der Waals surface area contributed by atoms with Crippen molar-refractivity contribution in [3.8, 4) is 11.1 Å². The van der Waals surface area contributed by atoms with Crippen LogP contribution in [0.15, 0.2) is 54.7 Å². The maximum absolute atomic E-state index is 13.9. The Bertz CT molecular complexity index is 1410. The average Bonchev–Trinajstić information content (AvgIpc) is 2.83. The van der Waals surface area contributed by atoms with Crippen molar-refractivity contribution in [3.63, 3.8) is 0 Å². The number of carbonyl (C=O) groups is 3. The van der Waals surface area contributed by atoms with Gasteiger partial charge in [0.05, 0.1) is 23.4 Å². The molecule has 2 amide bonds. The van der Waals surface area contributed by atoms with Crippen molar-refractivity contribution in [3.05, 3.63) is 77.1 Å². The number of pyridine rings is 1. The summed E-state index contributed by atoms with van der Waals surface area (Å²) in [6.45, 7) is 8.49. The van der Waals surface area contributed by atoms with Crippen LogP contribution in [0.2, 0.25) is 0 Å². The number of rotatable bonds is 8. The third kappa shape index (κ3) is 8.39. The highest BCUT2D eigenvalue weighted by molar-refractivity contribution is 6.12. The van der Waals surface area contributed by atoms with Gasteiger partial charge in [-0.3, -0.25) is 19.9 Å². The van der Waals surface area contributed by atoms with Crippen molar-refractivity contribution in [2.45, 2.75) is 65.7 Å². The maximum Gasteiger partial charge on any atom is 0.416 e. The summed E-state index contributed by atoms with van der Waals surface area (Å²) in [6.07, 6.45) is -4.05. The van der Waals surface area contributed by atoms with Gasteiger partial charge in [-0.1, -0.05) is 31.5 Å². The van der Waals surface area contributed by atoms with Crippen LogP contribution in [0.5, 0.6) is 0 Å². The van der Waals surface area contributed by atoms with E-state index >= 15 is 0 Å². The van der Waals surface area contributed by atoms with Gasteiger partial charge in [-0.15, -0.1) is 0 Å². The molecule has 0 radical (unpaired) electrons. The molecule has 10 heteroatoms. The number of carbonyl (C=O) groups excluding carboxylic acids is 3. The van der Waals surface area contributed by atoms with E-state index in [1.807, 2.05) is 19.1 Å². The molecule has 40 heavy (non-hydrogen) atoms. The SMILES string of the molecule is CCCc1cc(NC(=O)OC(C)(C)C)c(NC(=O)CC(=O)c2cccc(-c3ccnc(C)c3)c2)cc1C(F)(F)F. The molecule has 1 aromatic heterocycles. The number of anilines is 2. The molecule has 0 spiro atoms. The number of benzene rings is 2. The van der Waals surface area contributed by atoms with Crippen LogP contribution < -0.4 is 10.6 Å². The number of alkyl halides is 3. The predicted molar refractivity (Wildman–Crippen MR) is 147 cm³/mol. The Labute approximate surface area is 231 Å². The van der Waals surface area contributed by atoms with Crippen LogP contribution in [0.3, 0.4) is 0 Å². The van der Waals surface area contributed by atoms with E-state index in [0.29, 0.717) is 6.42 Å². The number of nitrogens with zero attached hydrogens (tertiary/aromatic N) is 1. The molecule has 0 unspecified atom stereocenters. The molecule has 0 atom stereocenters. The van der Waals surface area contributed by atoms with Gasteiger partial charge in [0.15, 0.2) is 5.78 Å². The van der Waals surface area contributed by atoms with E-state index in [-0.39, 0.29) is 28.9 Å². The number of Topliss-reactive ketones (excluding diaryl/α,β-unsaturated/α-hetero) is 1.